The van der Waals surface area contributed by atoms with E-state index < -0.39 is 28.0 Å². The minimum atomic E-state index is -3.43. The van der Waals surface area contributed by atoms with Gasteiger partial charge >= 0.3 is 6.03 Å². The van der Waals surface area contributed by atoms with Gasteiger partial charge in [-0.15, -0.1) is 0 Å². The summed E-state index contributed by atoms with van der Waals surface area (Å²) >= 11 is 0. The average Bonchev–Trinajstić information content (AvgIpc) is 2.91. The zero-order valence-electron chi connectivity index (χ0n) is 22.8. The van der Waals surface area contributed by atoms with Crippen molar-refractivity contribution in [2.24, 2.45) is 0 Å². The smallest absolute Gasteiger partial charge is 0.319 e. The number of benzene rings is 2. The number of nitrogens with one attached hydrogen (secondary N) is 2. The number of hydrogen-bond donors (Lipinski definition) is 3. The Bertz CT molecular complexity index is 1670. The molecule has 0 radical (unpaired) electrons. The van der Waals surface area contributed by atoms with Crippen LogP contribution in [0.4, 0.5) is 10.5 Å². The lowest BCUT2D eigenvalue weighted by molar-refractivity contribution is 0.0883. The number of aromatic nitrogens is 2. The molecule has 9 heteroatoms. The normalized spacial score (nSPS) is 18.0. The Balaban J connectivity index is 1.49. The largest absolute Gasteiger partial charge is 0.391 e. The van der Waals surface area contributed by atoms with Crippen molar-refractivity contribution in [3.05, 3.63) is 95.7 Å². The van der Waals surface area contributed by atoms with E-state index in [2.05, 4.69) is 29.5 Å². The van der Waals surface area contributed by atoms with Crippen LogP contribution < -0.4 is 10.6 Å². The minimum Gasteiger partial charge on any atom is -0.391 e. The third kappa shape index (κ3) is 5.48. The molecule has 5 rings (SSSR count). The first-order valence-electron chi connectivity index (χ1n) is 13.0. The fourth-order valence-corrected chi connectivity index (χ4v) is 5.93. The molecule has 2 heterocycles. The van der Waals surface area contributed by atoms with E-state index >= 15 is 0 Å². The van der Waals surface area contributed by atoms with Gasteiger partial charge in [-0.2, -0.15) is 0 Å². The number of nitrogens with zero attached hydrogens (tertiary/aromatic N) is 2. The molecule has 1 aliphatic rings. The van der Waals surface area contributed by atoms with Crippen LogP contribution in [0.2, 0.25) is 0 Å². The monoisotopic (exact) mass is 556 g/mol. The zero-order valence-corrected chi connectivity index (χ0v) is 23.7. The second kappa shape index (κ2) is 10.5. The van der Waals surface area contributed by atoms with Gasteiger partial charge in [-0.3, -0.25) is 0 Å². The number of sulfone groups is 1. The highest BCUT2D eigenvalue weighted by molar-refractivity contribution is 7.90. The van der Waals surface area contributed by atoms with Crippen LogP contribution in [-0.4, -0.2) is 41.9 Å². The molecule has 8 nitrogen and oxygen atoms in total. The van der Waals surface area contributed by atoms with Crippen LogP contribution in [0.1, 0.15) is 43.0 Å². The first-order valence-corrected chi connectivity index (χ1v) is 14.9. The van der Waals surface area contributed by atoms with E-state index in [-0.39, 0.29) is 10.4 Å². The topological polar surface area (TPSA) is 121 Å². The first-order chi connectivity index (χ1) is 18.9. The third-order valence-corrected chi connectivity index (χ3v) is 8.32. The highest BCUT2D eigenvalue weighted by Crippen LogP contribution is 2.41. The Morgan fingerprint density at radius 1 is 0.975 bits per heavy atom. The van der Waals surface area contributed by atoms with Crippen molar-refractivity contribution in [2.75, 3.05) is 11.6 Å². The summed E-state index contributed by atoms with van der Waals surface area (Å²) in [5.41, 5.74) is 5.69. The number of aryl methyl sites for hydroxylation is 1. The van der Waals surface area contributed by atoms with Gasteiger partial charge in [-0.25, -0.2) is 23.2 Å². The Labute approximate surface area is 234 Å². The van der Waals surface area contributed by atoms with Gasteiger partial charge in [0.05, 0.1) is 29.2 Å². The van der Waals surface area contributed by atoms with E-state index in [1.54, 1.807) is 6.07 Å². The van der Waals surface area contributed by atoms with Gasteiger partial charge in [-0.1, -0.05) is 68.4 Å². The van der Waals surface area contributed by atoms with Crippen LogP contribution >= 0.6 is 0 Å². The second-order valence-electron chi connectivity index (χ2n) is 10.9. The molecule has 0 bridgehead atoms. The summed E-state index contributed by atoms with van der Waals surface area (Å²) in [5.74, 6) is 0. The number of amides is 2. The number of rotatable bonds is 5. The summed E-state index contributed by atoms with van der Waals surface area (Å²) in [7, 11) is -3.43. The van der Waals surface area contributed by atoms with E-state index in [1.165, 1.54) is 12.3 Å². The van der Waals surface area contributed by atoms with E-state index in [0.717, 1.165) is 28.5 Å². The Hall–Kier alpha value is -4.08. The van der Waals surface area contributed by atoms with Crippen LogP contribution in [0.25, 0.3) is 22.5 Å². The van der Waals surface area contributed by atoms with Gasteiger partial charge in [0.2, 0.25) is 0 Å². The molecule has 0 fully saturated rings. The van der Waals surface area contributed by atoms with Gasteiger partial charge in [-0.05, 0) is 53.6 Å². The summed E-state index contributed by atoms with van der Waals surface area (Å²) < 4.78 is 23.7. The van der Waals surface area contributed by atoms with E-state index in [1.807, 2.05) is 67.6 Å². The predicted molar refractivity (Wildman–Crippen MR) is 156 cm³/mol. The number of hydrogen-bond acceptors (Lipinski definition) is 6. The quantitative estimate of drug-likeness (QED) is 0.302. The molecule has 0 saturated carbocycles. The molecule has 2 amide bonds. The van der Waals surface area contributed by atoms with Crippen LogP contribution in [0.15, 0.2) is 84.0 Å². The van der Waals surface area contributed by atoms with E-state index in [0.29, 0.717) is 29.1 Å². The van der Waals surface area contributed by atoms with Crippen LogP contribution in [0.5, 0.6) is 0 Å². The molecule has 0 aliphatic heterocycles. The molecule has 0 spiro atoms. The first kappa shape index (κ1) is 27.5. The van der Waals surface area contributed by atoms with Gasteiger partial charge in [0.25, 0.3) is 0 Å². The number of fused-ring (bicyclic) bond motifs is 1. The average molecular weight is 557 g/mol. The summed E-state index contributed by atoms with van der Waals surface area (Å²) in [4.78, 5) is 22.4. The number of carbonyl (C=O) groups is 1. The maximum absolute atomic E-state index is 13.4. The maximum Gasteiger partial charge on any atom is 0.319 e. The standard InChI is InChI=1S/C31H32N4O4S/c1-19-16-24(33-30(37)35-29-22-12-8-9-13-23(22)31(2,3)17-25(29)36)28(20-10-6-5-7-11-20)34-27(19)21-14-15-26(32-18-21)40(4,38)39/h5-16,18,25,29,36H,17H2,1-4H3,(H2,33,35,37)/t25-,29-/m1/s1. The Morgan fingerprint density at radius 2 is 1.68 bits per heavy atom. The van der Waals surface area contributed by atoms with Crippen LogP contribution in [0, 0.1) is 6.92 Å². The number of carbonyl (C=O) groups excluding carboxylic acids is 1. The van der Waals surface area contributed by atoms with Gasteiger partial charge in [0.1, 0.15) is 0 Å². The fourth-order valence-electron chi connectivity index (χ4n) is 5.37. The number of anilines is 1. The van der Waals surface area contributed by atoms with Crippen molar-refractivity contribution in [1.82, 2.24) is 15.3 Å². The number of urea groups is 1. The number of aliphatic hydroxyl groups excluding tert-OH is 1. The summed E-state index contributed by atoms with van der Waals surface area (Å²) in [6.07, 6.45) is 2.38. The van der Waals surface area contributed by atoms with Crippen LogP contribution in [0.3, 0.4) is 0 Å². The number of pyridine rings is 2. The van der Waals surface area contributed by atoms with Crippen molar-refractivity contribution in [1.29, 1.82) is 0 Å². The van der Waals surface area contributed by atoms with E-state index in [4.69, 9.17) is 4.98 Å². The lowest BCUT2D eigenvalue weighted by Crippen LogP contribution is -2.45. The molecule has 2 aromatic carbocycles. The van der Waals surface area contributed by atoms with Crippen LogP contribution in [-0.2, 0) is 15.3 Å². The molecule has 40 heavy (non-hydrogen) atoms. The lowest BCUT2D eigenvalue weighted by atomic mass is 9.70. The van der Waals surface area contributed by atoms with Gasteiger partial charge < -0.3 is 15.7 Å². The molecule has 1 aliphatic carbocycles. The van der Waals surface area contributed by atoms with Crippen molar-refractivity contribution >= 4 is 21.6 Å². The SMILES string of the molecule is Cc1cc(NC(=O)N[C@@H]2c3ccccc3C(C)(C)C[C@H]2O)c(-c2ccccc2)nc1-c1ccc(S(C)(=O)=O)nc1. The third-order valence-electron chi connectivity index (χ3n) is 7.31. The lowest BCUT2D eigenvalue weighted by Gasteiger charge is -2.40. The molecule has 4 aromatic rings. The molecular formula is C31H32N4O4S. The molecule has 0 unspecified atom stereocenters. The highest BCUT2D eigenvalue weighted by Gasteiger charge is 2.39. The summed E-state index contributed by atoms with van der Waals surface area (Å²) in [5, 5.41) is 16.9. The van der Waals surface area contributed by atoms with Crippen molar-refractivity contribution < 1.29 is 18.3 Å². The summed E-state index contributed by atoms with van der Waals surface area (Å²) in [6, 6.07) is 21.3. The van der Waals surface area contributed by atoms with Crippen molar-refractivity contribution in [2.45, 2.75) is 49.8 Å². The van der Waals surface area contributed by atoms with Crippen molar-refractivity contribution in [3.8, 4) is 22.5 Å². The Kier molecular flexibility index (Phi) is 7.20. The highest BCUT2D eigenvalue weighted by atomic mass is 32.2. The molecule has 2 atom stereocenters. The minimum absolute atomic E-state index is 0.0120. The maximum atomic E-state index is 13.4. The molecule has 206 valence electrons. The van der Waals surface area contributed by atoms with E-state index in [9.17, 15) is 18.3 Å². The number of aliphatic hydroxyl groups is 1. The molecular weight excluding hydrogens is 524 g/mol. The molecule has 2 aromatic heterocycles. The molecule has 3 N–H and O–H groups in total. The Morgan fingerprint density at radius 3 is 2.35 bits per heavy atom. The van der Waals surface area contributed by atoms with Gasteiger partial charge in [0, 0.05) is 23.6 Å². The second-order valence-corrected chi connectivity index (χ2v) is 12.9. The fraction of sp³-hybridized carbons (Fsp3) is 0.258. The predicted octanol–water partition coefficient (Wildman–Crippen LogP) is 5.43. The van der Waals surface area contributed by atoms with Crippen molar-refractivity contribution in [3.63, 3.8) is 0 Å². The zero-order chi connectivity index (χ0) is 28.7. The summed E-state index contributed by atoms with van der Waals surface area (Å²) in [6.45, 7) is 6.06. The van der Waals surface area contributed by atoms with Gasteiger partial charge in [0.15, 0.2) is 14.9 Å². The molecule has 0 saturated heterocycles.